The highest BCUT2D eigenvalue weighted by Crippen LogP contribution is 2.12. The number of methoxy groups -OCH3 is 1. The van der Waals surface area contributed by atoms with Crippen LogP contribution in [0.1, 0.15) is 45.4 Å². The number of unbranched alkanes of at least 4 members (excludes halogenated alkanes) is 1. The minimum Gasteiger partial charge on any atom is -0.481 e. The maximum atomic E-state index is 10.3. The minimum atomic E-state index is -0.722. The van der Waals surface area contributed by atoms with Crippen molar-refractivity contribution in [2.24, 2.45) is 0 Å². The normalized spacial score (nSPS) is 12.7. The second-order valence-corrected chi connectivity index (χ2v) is 3.62. The molecule has 0 aromatic heterocycles. The van der Waals surface area contributed by atoms with E-state index in [1.807, 2.05) is 0 Å². The summed E-state index contributed by atoms with van der Waals surface area (Å²) >= 11 is 0. The monoisotopic (exact) mass is 218 g/mol. The van der Waals surface area contributed by atoms with Crippen molar-refractivity contribution in [2.45, 2.75) is 51.6 Å². The minimum absolute atomic E-state index is 0.212. The Balaban J connectivity index is 3.51. The lowest BCUT2D eigenvalue weighted by Crippen LogP contribution is -2.14. The summed E-state index contributed by atoms with van der Waals surface area (Å²) in [5, 5.41) is 8.47. The van der Waals surface area contributed by atoms with E-state index in [2.05, 4.69) is 6.92 Å². The fourth-order valence-corrected chi connectivity index (χ4v) is 1.45. The van der Waals surface area contributed by atoms with Gasteiger partial charge in [0.05, 0.1) is 6.10 Å². The van der Waals surface area contributed by atoms with Gasteiger partial charge in [-0.1, -0.05) is 19.8 Å². The predicted octanol–water partition coefficient (Wildman–Crippen LogP) is 2.42. The molecule has 1 N–H and O–H groups in total. The molecule has 0 amide bonds. The molecule has 0 aliphatic carbocycles. The Morgan fingerprint density at radius 2 is 2.07 bits per heavy atom. The van der Waals surface area contributed by atoms with Crippen LogP contribution in [0.2, 0.25) is 0 Å². The first-order valence-corrected chi connectivity index (χ1v) is 5.53. The quantitative estimate of drug-likeness (QED) is 0.452. The highest BCUT2D eigenvalue weighted by atomic mass is 16.7. The van der Waals surface area contributed by atoms with Crippen LogP contribution < -0.4 is 0 Å². The number of carboxylic acid groups (broad SMARTS) is 1. The summed E-state index contributed by atoms with van der Waals surface area (Å²) in [4.78, 5) is 10.3. The first-order valence-electron chi connectivity index (χ1n) is 5.53. The highest BCUT2D eigenvalue weighted by molar-refractivity contribution is 5.66. The van der Waals surface area contributed by atoms with E-state index in [4.69, 9.17) is 14.6 Å². The molecule has 0 aromatic carbocycles. The molecule has 0 rings (SSSR count). The molecular formula is C11H22O4. The van der Waals surface area contributed by atoms with Crippen molar-refractivity contribution in [3.63, 3.8) is 0 Å². The van der Waals surface area contributed by atoms with E-state index in [-0.39, 0.29) is 12.5 Å². The van der Waals surface area contributed by atoms with E-state index >= 15 is 0 Å². The van der Waals surface area contributed by atoms with Gasteiger partial charge in [-0.05, 0) is 19.3 Å². The van der Waals surface area contributed by atoms with E-state index in [9.17, 15) is 4.79 Å². The number of carboxylic acids is 1. The average Bonchev–Trinajstić information content (AvgIpc) is 2.20. The summed E-state index contributed by atoms with van der Waals surface area (Å²) in [6.07, 6.45) is 5.10. The summed E-state index contributed by atoms with van der Waals surface area (Å²) in [5.74, 6) is -0.722. The van der Waals surface area contributed by atoms with E-state index < -0.39 is 5.97 Å². The summed E-state index contributed by atoms with van der Waals surface area (Å²) < 4.78 is 10.3. The molecule has 0 bridgehead atoms. The van der Waals surface area contributed by atoms with Crippen molar-refractivity contribution in [3.8, 4) is 0 Å². The zero-order valence-corrected chi connectivity index (χ0v) is 9.70. The molecule has 4 nitrogen and oxygen atoms in total. The second kappa shape index (κ2) is 9.93. The maximum absolute atomic E-state index is 10.3. The van der Waals surface area contributed by atoms with Gasteiger partial charge in [0, 0.05) is 13.5 Å². The van der Waals surface area contributed by atoms with E-state index in [0.717, 1.165) is 32.1 Å². The maximum Gasteiger partial charge on any atom is 0.303 e. The second-order valence-electron chi connectivity index (χ2n) is 3.62. The summed E-state index contributed by atoms with van der Waals surface area (Å²) in [6, 6.07) is 0. The lowest BCUT2D eigenvalue weighted by Gasteiger charge is -2.16. The van der Waals surface area contributed by atoms with Crippen molar-refractivity contribution in [1.82, 2.24) is 0 Å². The highest BCUT2D eigenvalue weighted by Gasteiger charge is 2.08. The Bertz CT molecular complexity index is 159. The molecule has 90 valence electrons. The van der Waals surface area contributed by atoms with E-state index in [1.54, 1.807) is 7.11 Å². The summed E-state index contributed by atoms with van der Waals surface area (Å²) in [5.41, 5.74) is 0. The van der Waals surface area contributed by atoms with Crippen LogP contribution in [0.3, 0.4) is 0 Å². The van der Waals surface area contributed by atoms with Crippen LogP contribution in [-0.2, 0) is 14.3 Å². The van der Waals surface area contributed by atoms with Crippen LogP contribution in [0.25, 0.3) is 0 Å². The zero-order valence-electron chi connectivity index (χ0n) is 9.70. The number of rotatable bonds is 10. The van der Waals surface area contributed by atoms with Crippen LogP contribution in [0.5, 0.6) is 0 Å². The zero-order chi connectivity index (χ0) is 11.5. The summed E-state index contributed by atoms with van der Waals surface area (Å²) in [7, 11) is 1.60. The molecule has 0 spiro atoms. The number of hydrogen-bond acceptors (Lipinski definition) is 3. The molecule has 0 aromatic rings. The largest absolute Gasteiger partial charge is 0.481 e. The first-order chi connectivity index (χ1) is 7.20. The van der Waals surface area contributed by atoms with Gasteiger partial charge in [0.1, 0.15) is 6.79 Å². The van der Waals surface area contributed by atoms with E-state index in [0.29, 0.717) is 6.79 Å². The molecular weight excluding hydrogens is 196 g/mol. The fourth-order valence-electron chi connectivity index (χ4n) is 1.45. The first kappa shape index (κ1) is 14.4. The van der Waals surface area contributed by atoms with Gasteiger partial charge >= 0.3 is 5.97 Å². The van der Waals surface area contributed by atoms with Crippen molar-refractivity contribution < 1.29 is 19.4 Å². The Labute approximate surface area is 91.6 Å². The number of carbonyl (C=O) groups is 1. The van der Waals surface area contributed by atoms with Crippen molar-refractivity contribution in [3.05, 3.63) is 0 Å². The molecule has 0 unspecified atom stereocenters. The average molecular weight is 218 g/mol. The molecule has 0 saturated carbocycles. The van der Waals surface area contributed by atoms with Gasteiger partial charge in [-0.25, -0.2) is 0 Å². The summed E-state index contributed by atoms with van der Waals surface area (Å²) in [6.45, 7) is 2.43. The molecule has 0 saturated heterocycles. The van der Waals surface area contributed by atoms with Gasteiger partial charge in [0.25, 0.3) is 0 Å². The number of aliphatic carboxylic acids is 1. The number of ether oxygens (including phenoxy) is 2. The third kappa shape index (κ3) is 9.69. The Morgan fingerprint density at radius 3 is 2.60 bits per heavy atom. The Kier molecular flexibility index (Phi) is 9.52. The SMILES string of the molecule is CCC[C@H](CCCCC(=O)O)OCOC. The number of hydrogen-bond donors (Lipinski definition) is 1. The third-order valence-corrected chi connectivity index (χ3v) is 2.20. The Morgan fingerprint density at radius 1 is 1.33 bits per heavy atom. The lowest BCUT2D eigenvalue weighted by atomic mass is 10.1. The topological polar surface area (TPSA) is 55.8 Å². The molecule has 0 fully saturated rings. The lowest BCUT2D eigenvalue weighted by molar-refractivity contribution is -0.137. The van der Waals surface area contributed by atoms with Gasteiger partial charge in [-0.2, -0.15) is 0 Å². The molecule has 1 atom stereocenters. The molecule has 4 heteroatoms. The smallest absolute Gasteiger partial charge is 0.303 e. The van der Waals surface area contributed by atoms with Crippen molar-refractivity contribution in [2.75, 3.05) is 13.9 Å². The predicted molar refractivity (Wildman–Crippen MR) is 57.8 cm³/mol. The molecule has 0 radical (unpaired) electrons. The van der Waals surface area contributed by atoms with E-state index in [1.165, 1.54) is 0 Å². The standard InChI is InChI=1S/C11H22O4/c1-3-6-10(15-9-14-2)7-4-5-8-11(12)13/h10H,3-9H2,1-2H3,(H,12,13)/t10-/m1/s1. The fraction of sp³-hybridized carbons (Fsp3) is 0.909. The van der Waals surface area contributed by atoms with Crippen LogP contribution in [0.4, 0.5) is 0 Å². The van der Waals surface area contributed by atoms with Crippen LogP contribution in [0, 0.1) is 0 Å². The molecule has 0 aliphatic rings. The van der Waals surface area contributed by atoms with Gasteiger partial charge in [-0.3, -0.25) is 4.79 Å². The van der Waals surface area contributed by atoms with Gasteiger partial charge in [-0.15, -0.1) is 0 Å². The van der Waals surface area contributed by atoms with Gasteiger partial charge in [0.2, 0.25) is 0 Å². The van der Waals surface area contributed by atoms with Gasteiger partial charge < -0.3 is 14.6 Å². The molecule has 0 aliphatic heterocycles. The van der Waals surface area contributed by atoms with Crippen LogP contribution >= 0.6 is 0 Å². The Hall–Kier alpha value is -0.610. The molecule has 0 heterocycles. The van der Waals surface area contributed by atoms with Gasteiger partial charge in [0.15, 0.2) is 0 Å². The van der Waals surface area contributed by atoms with Crippen molar-refractivity contribution in [1.29, 1.82) is 0 Å². The van der Waals surface area contributed by atoms with Crippen LogP contribution in [0.15, 0.2) is 0 Å². The van der Waals surface area contributed by atoms with Crippen LogP contribution in [-0.4, -0.2) is 31.1 Å². The van der Waals surface area contributed by atoms with Crippen molar-refractivity contribution >= 4 is 5.97 Å². The third-order valence-electron chi connectivity index (χ3n) is 2.20. The molecule has 15 heavy (non-hydrogen) atoms.